The number of amides is 2. The van der Waals surface area contributed by atoms with E-state index in [1.165, 1.54) is 18.3 Å². The standard InChI is InChI=1S/C28H27N3O7/c1-27(2,3)38-26(34)31-16-15-28(35,23(32)17-31)22-14-13-21(24(29)33)25(30-22)37-20-11-9-19(10-12-20)36-18-7-5-4-6-8-18/h4-17,32,35H,1-3H3,(H2,29,33). The van der Waals surface area contributed by atoms with Gasteiger partial charge in [-0.1, -0.05) is 18.2 Å². The Labute approximate surface area is 219 Å². The van der Waals surface area contributed by atoms with E-state index in [-0.39, 0.29) is 17.1 Å². The fourth-order valence-electron chi connectivity index (χ4n) is 3.42. The maximum Gasteiger partial charge on any atom is 0.418 e. The normalized spacial score (nSPS) is 16.9. The molecule has 0 aliphatic carbocycles. The van der Waals surface area contributed by atoms with Crippen molar-refractivity contribution in [2.75, 3.05) is 0 Å². The molecule has 1 aromatic heterocycles. The number of rotatable bonds is 6. The van der Waals surface area contributed by atoms with E-state index in [9.17, 15) is 19.8 Å². The number of aliphatic hydroxyl groups is 2. The Balaban J connectivity index is 1.57. The molecule has 1 aliphatic heterocycles. The lowest BCUT2D eigenvalue weighted by molar-refractivity contribution is 0.0326. The molecule has 38 heavy (non-hydrogen) atoms. The van der Waals surface area contributed by atoms with Gasteiger partial charge in [-0.2, -0.15) is 0 Å². The summed E-state index contributed by atoms with van der Waals surface area (Å²) in [5.74, 6) is -0.0377. The predicted molar refractivity (Wildman–Crippen MR) is 138 cm³/mol. The molecule has 0 spiro atoms. The molecule has 0 fully saturated rings. The molecule has 1 atom stereocenters. The first-order chi connectivity index (χ1) is 17.9. The number of nitrogens with two attached hydrogens (primary N) is 1. The number of primary amides is 1. The van der Waals surface area contributed by atoms with Crippen molar-refractivity contribution in [3.8, 4) is 23.1 Å². The number of para-hydroxylation sites is 1. The van der Waals surface area contributed by atoms with Gasteiger partial charge in [0.05, 0.1) is 11.9 Å². The molecule has 2 heterocycles. The summed E-state index contributed by atoms with van der Waals surface area (Å²) in [5.41, 5.74) is 2.51. The molecule has 2 amide bonds. The quantitative estimate of drug-likeness (QED) is 0.409. The smallest absolute Gasteiger partial charge is 0.418 e. The third-order valence-corrected chi connectivity index (χ3v) is 5.27. The van der Waals surface area contributed by atoms with E-state index >= 15 is 0 Å². The van der Waals surface area contributed by atoms with Gasteiger partial charge in [-0.15, -0.1) is 0 Å². The Morgan fingerprint density at radius 2 is 1.53 bits per heavy atom. The highest BCUT2D eigenvalue weighted by atomic mass is 16.6. The Bertz CT molecular complexity index is 1400. The molecule has 3 aromatic rings. The van der Waals surface area contributed by atoms with Crippen LogP contribution in [0.2, 0.25) is 0 Å². The summed E-state index contributed by atoms with van der Waals surface area (Å²) in [6.07, 6.45) is 2.67. The second kappa shape index (κ2) is 10.3. The number of nitrogens with zero attached hydrogens (tertiary/aromatic N) is 2. The van der Waals surface area contributed by atoms with Crippen molar-refractivity contribution >= 4 is 12.0 Å². The zero-order chi connectivity index (χ0) is 27.5. The van der Waals surface area contributed by atoms with E-state index in [4.69, 9.17) is 19.9 Å². The molecule has 10 nitrogen and oxygen atoms in total. The Hall–Kier alpha value is -4.83. The number of benzene rings is 2. The van der Waals surface area contributed by atoms with Gasteiger partial charge < -0.3 is 30.2 Å². The van der Waals surface area contributed by atoms with E-state index in [2.05, 4.69) is 4.98 Å². The highest BCUT2D eigenvalue weighted by Gasteiger charge is 2.38. The van der Waals surface area contributed by atoms with Gasteiger partial charge in [-0.25, -0.2) is 9.78 Å². The number of ether oxygens (including phenoxy) is 3. The van der Waals surface area contributed by atoms with Crippen LogP contribution in [-0.4, -0.2) is 37.7 Å². The summed E-state index contributed by atoms with van der Waals surface area (Å²) >= 11 is 0. The molecule has 4 rings (SSSR count). The predicted octanol–water partition coefficient (Wildman–Crippen LogP) is 5.12. The minimum atomic E-state index is -2.11. The molecule has 0 saturated heterocycles. The number of aromatic nitrogens is 1. The lowest BCUT2D eigenvalue weighted by Crippen LogP contribution is -2.37. The molecule has 1 aliphatic rings. The van der Waals surface area contributed by atoms with Crippen LogP contribution in [0.5, 0.6) is 23.1 Å². The molecule has 0 bridgehead atoms. The molecule has 1 unspecified atom stereocenters. The van der Waals surface area contributed by atoms with Crippen molar-refractivity contribution in [1.82, 2.24) is 9.88 Å². The molecule has 0 saturated carbocycles. The summed E-state index contributed by atoms with van der Waals surface area (Å²) in [7, 11) is 0. The monoisotopic (exact) mass is 517 g/mol. The Morgan fingerprint density at radius 1 is 0.921 bits per heavy atom. The van der Waals surface area contributed by atoms with E-state index in [0.29, 0.717) is 17.2 Å². The number of carbonyl (C=O) groups is 2. The minimum absolute atomic E-state index is 0.0411. The summed E-state index contributed by atoms with van der Waals surface area (Å²) in [5, 5.41) is 21.8. The Morgan fingerprint density at radius 3 is 2.11 bits per heavy atom. The average Bonchev–Trinajstić information content (AvgIpc) is 2.86. The van der Waals surface area contributed by atoms with Crippen LogP contribution in [0, 0.1) is 0 Å². The first-order valence-corrected chi connectivity index (χ1v) is 11.6. The third kappa shape index (κ3) is 5.93. The van der Waals surface area contributed by atoms with E-state index in [0.717, 1.165) is 17.2 Å². The number of hydrogen-bond acceptors (Lipinski definition) is 8. The fraction of sp³-hybridized carbons (Fsp3) is 0.179. The maximum atomic E-state index is 12.3. The third-order valence-electron chi connectivity index (χ3n) is 5.27. The van der Waals surface area contributed by atoms with Crippen molar-refractivity contribution in [3.63, 3.8) is 0 Å². The lowest BCUT2D eigenvalue weighted by Gasteiger charge is -2.30. The van der Waals surface area contributed by atoms with Gasteiger partial charge in [0, 0.05) is 6.20 Å². The van der Waals surface area contributed by atoms with Gasteiger partial charge in [0.25, 0.3) is 5.91 Å². The summed E-state index contributed by atoms with van der Waals surface area (Å²) < 4.78 is 16.8. The van der Waals surface area contributed by atoms with E-state index < -0.39 is 29.0 Å². The molecular formula is C28H27N3O7. The molecule has 0 radical (unpaired) electrons. The van der Waals surface area contributed by atoms with E-state index in [1.807, 2.05) is 30.3 Å². The van der Waals surface area contributed by atoms with Crippen LogP contribution >= 0.6 is 0 Å². The second-order valence-corrected chi connectivity index (χ2v) is 9.39. The number of pyridine rings is 1. The van der Waals surface area contributed by atoms with Crippen LogP contribution in [-0.2, 0) is 10.3 Å². The van der Waals surface area contributed by atoms with Crippen LogP contribution < -0.4 is 15.2 Å². The summed E-state index contributed by atoms with van der Waals surface area (Å²) in [6, 6.07) is 18.5. The molecule has 4 N–H and O–H groups in total. The minimum Gasteiger partial charge on any atom is -0.507 e. The van der Waals surface area contributed by atoms with Gasteiger partial charge in [0.15, 0.2) is 11.4 Å². The lowest BCUT2D eigenvalue weighted by atomic mass is 9.94. The second-order valence-electron chi connectivity index (χ2n) is 9.39. The fourth-order valence-corrected chi connectivity index (χ4v) is 3.42. The summed E-state index contributed by atoms with van der Waals surface area (Å²) in [6.45, 7) is 5.11. The van der Waals surface area contributed by atoms with Crippen molar-refractivity contribution in [1.29, 1.82) is 0 Å². The number of aliphatic hydroxyl groups excluding tert-OH is 1. The van der Waals surface area contributed by atoms with Gasteiger partial charge in [-0.05, 0) is 75.4 Å². The maximum absolute atomic E-state index is 12.3. The van der Waals surface area contributed by atoms with Gasteiger partial charge in [-0.3, -0.25) is 9.69 Å². The van der Waals surface area contributed by atoms with Gasteiger partial charge in [0.1, 0.15) is 28.4 Å². The molecular weight excluding hydrogens is 490 g/mol. The highest BCUT2D eigenvalue weighted by Crippen LogP contribution is 2.35. The zero-order valence-corrected chi connectivity index (χ0v) is 21.0. The van der Waals surface area contributed by atoms with Crippen LogP contribution in [0.1, 0.15) is 36.8 Å². The van der Waals surface area contributed by atoms with Crippen LogP contribution in [0.3, 0.4) is 0 Å². The van der Waals surface area contributed by atoms with Gasteiger partial charge in [0.2, 0.25) is 5.88 Å². The van der Waals surface area contributed by atoms with Crippen LogP contribution in [0.25, 0.3) is 0 Å². The molecule has 2 aromatic carbocycles. The molecule has 10 heteroatoms. The van der Waals surface area contributed by atoms with Gasteiger partial charge >= 0.3 is 6.09 Å². The van der Waals surface area contributed by atoms with Crippen molar-refractivity contribution in [3.05, 3.63) is 102 Å². The number of hydrogen-bond donors (Lipinski definition) is 3. The average molecular weight is 518 g/mol. The SMILES string of the molecule is CC(C)(C)OC(=O)N1C=CC(O)(c2ccc(C(N)=O)c(Oc3ccc(Oc4ccccc4)cc3)n2)C(O)=C1. The zero-order valence-electron chi connectivity index (χ0n) is 21.0. The van der Waals surface area contributed by atoms with Crippen molar-refractivity contribution < 1.29 is 34.0 Å². The number of carbonyl (C=O) groups excluding carboxylic acids is 2. The molecule has 196 valence electrons. The topological polar surface area (TPSA) is 144 Å². The first-order valence-electron chi connectivity index (χ1n) is 11.6. The van der Waals surface area contributed by atoms with Crippen LogP contribution in [0.4, 0.5) is 4.79 Å². The first kappa shape index (κ1) is 26.2. The van der Waals surface area contributed by atoms with E-state index in [1.54, 1.807) is 45.0 Å². The van der Waals surface area contributed by atoms with Crippen LogP contribution in [0.15, 0.2) is 91.0 Å². The highest BCUT2D eigenvalue weighted by molar-refractivity contribution is 5.95. The van der Waals surface area contributed by atoms with Crippen molar-refractivity contribution in [2.24, 2.45) is 5.73 Å². The largest absolute Gasteiger partial charge is 0.507 e. The Kier molecular flexibility index (Phi) is 7.09. The summed E-state index contributed by atoms with van der Waals surface area (Å²) in [4.78, 5) is 29.6. The van der Waals surface area contributed by atoms with Crippen molar-refractivity contribution in [2.45, 2.75) is 32.0 Å².